The number of hydrogen-bond acceptors (Lipinski definition) is 2. The molecular weight excluding hydrogens is 352 g/mol. The van der Waals surface area contributed by atoms with Crippen LogP contribution in [0.1, 0.15) is 118 Å². The first-order valence-electron chi connectivity index (χ1n) is 11.5. The van der Waals surface area contributed by atoms with Crippen LogP contribution in [0.5, 0.6) is 0 Å². The average Bonchev–Trinajstić information content (AvgIpc) is 2.55. The monoisotopic (exact) mass is 400 g/mol. The Morgan fingerprint density at radius 3 is 1.74 bits per heavy atom. The first-order valence-corrected chi connectivity index (χ1v) is 14.4. The molecule has 0 radical (unpaired) electrons. The minimum Gasteiger partial charge on any atom is -0.481 e. The minimum atomic E-state index is -1.70. The van der Waals surface area contributed by atoms with Crippen molar-refractivity contribution >= 4 is 14.3 Å². The summed E-state index contributed by atoms with van der Waals surface area (Å²) < 4.78 is 6.75. The molecule has 0 aromatic rings. The molecule has 0 saturated carbocycles. The standard InChI is InChI=1S/C23H48O3Si/c1-7-8-9-12-15-18-21(26-27(5,6)23(2,3)4)19-16-13-10-11-14-17-20-22(24)25/h21H,7-20H2,1-6H3,(H,24,25). The summed E-state index contributed by atoms with van der Waals surface area (Å²) in [5, 5.41) is 8.95. The second kappa shape index (κ2) is 14.6. The van der Waals surface area contributed by atoms with Gasteiger partial charge in [0, 0.05) is 12.5 Å². The summed E-state index contributed by atoms with van der Waals surface area (Å²) in [4.78, 5) is 10.5. The number of unbranched alkanes of at least 4 members (excludes halogenated alkanes) is 9. The Bertz CT molecular complexity index is 374. The molecule has 1 atom stereocenters. The molecule has 1 unspecified atom stereocenters. The maximum Gasteiger partial charge on any atom is 0.303 e. The molecule has 0 spiro atoms. The average molecular weight is 401 g/mol. The Hall–Kier alpha value is -0.353. The van der Waals surface area contributed by atoms with E-state index in [4.69, 9.17) is 9.53 Å². The van der Waals surface area contributed by atoms with Crippen molar-refractivity contribution in [3.05, 3.63) is 0 Å². The lowest BCUT2D eigenvalue weighted by molar-refractivity contribution is -0.137. The zero-order valence-corrected chi connectivity index (χ0v) is 20.2. The maximum atomic E-state index is 10.5. The van der Waals surface area contributed by atoms with Crippen LogP contribution in [-0.4, -0.2) is 25.5 Å². The van der Waals surface area contributed by atoms with E-state index in [9.17, 15) is 4.79 Å². The van der Waals surface area contributed by atoms with E-state index in [0.717, 1.165) is 19.3 Å². The fourth-order valence-corrected chi connectivity index (χ4v) is 4.61. The van der Waals surface area contributed by atoms with Crippen molar-refractivity contribution in [1.29, 1.82) is 0 Å². The molecule has 0 amide bonds. The van der Waals surface area contributed by atoms with Gasteiger partial charge in [-0.3, -0.25) is 4.79 Å². The largest absolute Gasteiger partial charge is 0.481 e. The fraction of sp³-hybridized carbons (Fsp3) is 0.957. The summed E-state index contributed by atoms with van der Waals surface area (Å²) in [5.74, 6) is -0.667. The van der Waals surface area contributed by atoms with E-state index in [1.807, 2.05) is 0 Å². The summed E-state index contributed by atoms with van der Waals surface area (Å²) in [6.07, 6.45) is 16.6. The van der Waals surface area contributed by atoms with E-state index in [1.54, 1.807) is 0 Å². The number of carboxylic acid groups (broad SMARTS) is 1. The maximum absolute atomic E-state index is 10.5. The Morgan fingerprint density at radius 1 is 0.852 bits per heavy atom. The van der Waals surface area contributed by atoms with Crippen LogP contribution in [0.4, 0.5) is 0 Å². The lowest BCUT2D eigenvalue weighted by atomic mass is 10.0. The molecule has 162 valence electrons. The van der Waals surface area contributed by atoms with Gasteiger partial charge in [0.2, 0.25) is 0 Å². The number of aliphatic carboxylic acids is 1. The highest BCUT2D eigenvalue weighted by Gasteiger charge is 2.38. The number of carbonyl (C=O) groups is 1. The number of rotatable bonds is 17. The van der Waals surface area contributed by atoms with Crippen LogP contribution in [0, 0.1) is 0 Å². The summed E-state index contributed by atoms with van der Waals surface area (Å²) in [7, 11) is -1.70. The van der Waals surface area contributed by atoms with Gasteiger partial charge in [0.25, 0.3) is 0 Å². The van der Waals surface area contributed by atoms with Gasteiger partial charge >= 0.3 is 5.97 Å². The zero-order chi connectivity index (χ0) is 20.8. The molecular formula is C23H48O3Si. The predicted molar refractivity (Wildman–Crippen MR) is 120 cm³/mol. The van der Waals surface area contributed by atoms with Gasteiger partial charge in [0.05, 0.1) is 0 Å². The Morgan fingerprint density at radius 2 is 1.30 bits per heavy atom. The molecule has 3 nitrogen and oxygen atoms in total. The summed E-state index contributed by atoms with van der Waals surface area (Å²) >= 11 is 0. The number of hydrogen-bond donors (Lipinski definition) is 1. The Balaban J connectivity index is 4.20. The quantitative estimate of drug-likeness (QED) is 0.199. The third-order valence-electron chi connectivity index (χ3n) is 6.06. The summed E-state index contributed by atoms with van der Waals surface area (Å²) in [5.41, 5.74) is 0. The van der Waals surface area contributed by atoms with Gasteiger partial charge in [-0.2, -0.15) is 0 Å². The molecule has 0 saturated heterocycles. The van der Waals surface area contributed by atoms with Crippen LogP contribution in [0.2, 0.25) is 18.1 Å². The Kier molecular flexibility index (Phi) is 14.4. The molecule has 0 aliphatic heterocycles. The van der Waals surface area contributed by atoms with Crippen LogP contribution < -0.4 is 0 Å². The number of carboxylic acids is 1. The first kappa shape index (κ1) is 26.6. The van der Waals surface area contributed by atoms with Gasteiger partial charge in [0.1, 0.15) is 0 Å². The van der Waals surface area contributed by atoms with Gasteiger partial charge in [-0.25, -0.2) is 0 Å². The van der Waals surface area contributed by atoms with Crippen LogP contribution in [0.15, 0.2) is 0 Å². The van der Waals surface area contributed by atoms with Crippen molar-refractivity contribution in [2.75, 3.05) is 0 Å². The topological polar surface area (TPSA) is 46.5 Å². The van der Waals surface area contributed by atoms with Crippen molar-refractivity contribution in [3.63, 3.8) is 0 Å². The zero-order valence-electron chi connectivity index (χ0n) is 19.2. The predicted octanol–water partition coefficient (Wildman–Crippen LogP) is 7.94. The van der Waals surface area contributed by atoms with Crippen LogP contribution in [-0.2, 0) is 9.22 Å². The van der Waals surface area contributed by atoms with Gasteiger partial charge in [-0.05, 0) is 37.4 Å². The highest BCUT2D eigenvalue weighted by molar-refractivity contribution is 6.74. The molecule has 0 aromatic heterocycles. The van der Waals surface area contributed by atoms with Crippen molar-refractivity contribution in [2.45, 2.75) is 142 Å². The van der Waals surface area contributed by atoms with Gasteiger partial charge in [-0.15, -0.1) is 0 Å². The molecule has 0 aromatic carbocycles. The van der Waals surface area contributed by atoms with Crippen LogP contribution in [0.3, 0.4) is 0 Å². The highest BCUT2D eigenvalue weighted by atomic mass is 28.4. The van der Waals surface area contributed by atoms with E-state index >= 15 is 0 Å². The van der Waals surface area contributed by atoms with E-state index in [-0.39, 0.29) is 5.04 Å². The molecule has 0 aliphatic carbocycles. The van der Waals surface area contributed by atoms with Gasteiger partial charge in [-0.1, -0.05) is 91.9 Å². The summed E-state index contributed by atoms with van der Waals surface area (Å²) in [6.45, 7) is 14.0. The molecule has 0 heterocycles. The second-order valence-electron chi connectivity index (χ2n) is 9.76. The summed E-state index contributed by atoms with van der Waals surface area (Å²) in [6, 6.07) is 0. The third kappa shape index (κ3) is 14.3. The van der Waals surface area contributed by atoms with E-state index in [2.05, 4.69) is 40.8 Å². The second-order valence-corrected chi connectivity index (χ2v) is 14.5. The molecule has 0 aliphatic rings. The molecule has 0 bridgehead atoms. The first-order chi connectivity index (χ1) is 12.6. The molecule has 0 fully saturated rings. The molecule has 27 heavy (non-hydrogen) atoms. The normalized spacial score (nSPS) is 13.7. The van der Waals surface area contributed by atoms with E-state index < -0.39 is 14.3 Å². The lowest BCUT2D eigenvalue weighted by Gasteiger charge is -2.39. The fourth-order valence-electron chi connectivity index (χ4n) is 3.19. The smallest absolute Gasteiger partial charge is 0.303 e. The van der Waals surface area contributed by atoms with Crippen molar-refractivity contribution in [2.24, 2.45) is 0 Å². The lowest BCUT2D eigenvalue weighted by Crippen LogP contribution is -2.44. The third-order valence-corrected chi connectivity index (χ3v) is 10.6. The van der Waals surface area contributed by atoms with Crippen molar-refractivity contribution in [3.8, 4) is 0 Å². The van der Waals surface area contributed by atoms with Gasteiger partial charge < -0.3 is 9.53 Å². The van der Waals surface area contributed by atoms with E-state index in [0.29, 0.717) is 12.5 Å². The Labute approximate surface area is 170 Å². The SMILES string of the molecule is CCCCCCCC(CCCCCCCCC(=O)O)O[Si](C)(C)C(C)(C)C. The molecule has 0 rings (SSSR count). The van der Waals surface area contributed by atoms with Crippen molar-refractivity contribution < 1.29 is 14.3 Å². The molecule has 4 heteroatoms. The highest BCUT2D eigenvalue weighted by Crippen LogP contribution is 2.38. The van der Waals surface area contributed by atoms with Crippen LogP contribution >= 0.6 is 0 Å². The van der Waals surface area contributed by atoms with E-state index in [1.165, 1.54) is 64.2 Å². The minimum absolute atomic E-state index is 0.275. The van der Waals surface area contributed by atoms with Gasteiger partial charge in [0.15, 0.2) is 8.32 Å². The van der Waals surface area contributed by atoms with Crippen molar-refractivity contribution in [1.82, 2.24) is 0 Å². The molecule has 1 N–H and O–H groups in total. The van der Waals surface area contributed by atoms with Crippen LogP contribution in [0.25, 0.3) is 0 Å².